The number of aliphatic hydroxyl groups is 1. The Bertz CT molecular complexity index is 584. The molecule has 0 saturated carbocycles. The van der Waals surface area contributed by atoms with E-state index in [1.807, 2.05) is 0 Å². The molecule has 106 valence electrons. The van der Waals surface area contributed by atoms with Gasteiger partial charge in [-0.2, -0.15) is 0 Å². The molecule has 2 aromatic heterocycles. The summed E-state index contributed by atoms with van der Waals surface area (Å²) in [7, 11) is 1.47. The van der Waals surface area contributed by atoms with Crippen LogP contribution >= 0.6 is 0 Å². The van der Waals surface area contributed by atoms with Crippen molar-refractivity contribution < 1.29 is 19.7 Å². The van der Waals surface area contributed by atoms with Crippen LogP contribution in [0.15, 0.2) is 24.5 Å². The highest BCUT2D eigenvalue weighted by Crippen LogP contribution is 2.21. The zero-order valence-corrected chi connectivity index (χ0v) is 10.8. The van der Waals surface area contributed by atoms with Gasteiger partial charge in [0.15, 0.2) is 5.69 Å². The van der Waals surface area contributed by atoms with E-state index in [4.69, 9.17) is 9.84 Å². The summed E-state index contributed by atoms with van der Waals surface area (Å²) in [6, 6.07) is 3.31. The zero-order valence-electron chi connectivity index (χ0n) is 10.8. The maximum absolute atomic E-state index is 11.2. The molecule has 0 aromatic carbocycles. The van der Waals surface area contributed by atoms with Gasteiger partial charge in [0.2, 0.25) is 0 Å². The predicted molar refractivity (Wildman–Crippen MR) is 68.1 cm³/mol. The molecular formula is C12H14N4O4. The second-order valence-electron chi connectivity index (χ2n) is 4.12. The molecule has 0 fully saturated rings. The number of carboxylic acids is 1. The van der Waals surface area contributed by atoms with E-state index in [1.165, 1.54) is 11.8 Å². The van der Waals surface area contributed by atoms with Crippen molar-refractivity contribution in [3.05, 3.63) is 30.2 Å². The predicted octanol–water partition coefficient (Wildman–Crippen LogP) is 0.0456. The molecule has 1 unspecified atom stereocenters. The van der Waals surface area contributed by atoms with Crippen LogP contribution in [-0.4, -0.2) is 56.0 Å². The molecule has 0 aliphatic carbocycles. The van der Waals surface area contributed by atoms with E-state index in [9.17, 15) is 9.90 Å². The number of aromatic nitrogens is 4. The van der Waals surface area contributed by atoms with Gasteiger partial charge in [-0.25, -0.2) is 9.48 Å². The van der Waals surface area contributed by atoms with Crippen LogP contribution in [0.5, 0.6) is 0 Å². The fourth-order valence-corrected chi connectivity index (χ4v) is 1.83. The second kappa shape index (κ2) is 6.22. The van der Waals surface area contributed by atoms with Crippen LogP contribution < -0.4 is 0 Å². The van der Waals surface area contributed by atoms with E-state index in [-0.39, 0.29) is 18.8 Å². The van der Waals surface area contributed by atoms with Crippen molar-refractivity contribution in [3.63, 3.8) is 0 Å². The zero-order chi connectivity index (χ0) is 14.5. The van der Waals surface area contributed by atoms with Crippen molar-refractivity contribution in [2.45, 2.75) is 12.6 Å². The highest BCUT2D eigenvalue weighted by atomic mass is 16.5. The van der Waals surface area contributed by atoms with Crippen molar-refractivity contribution in [1.29, 1.82) is 0 Å². The Hall–Kier alpha value is -2.32. The molecule has 20 heavy (non-hydrogen) atoms. The summed E-state index contributed by atoms with van der Waals surface area (Å²) in [4.78, 5) is 15.1. The highest BCUT2D eigenvalue weighted by molar-refractivity contribution is 5.92. The molecule has 0 aliphatic heterocycles. The molecule has 8 heteroatoms. The van der Waals surface area contributed by atoms with Crippen LogP contribution in [0.3, 0.4) is 0 Å². The van der Waals surface area contributed by atoms with Crippen molar-refractivity contribution in [2.24, 2.45) is 0 Å². The number of hydrogen-bond acceptors (Lipinski definition) is 6. The van der Waals surface area contributed by atoms with Crippen LogP contribution in [0.1, 0.15) is 10.5 Å². The molecule has 8 nitrogen and oxygen atoms in total. The molecule has 0 spiro atoms. The van der Waals surface area contributed by atoms with Gasteiger partial charge in [-0.05, 0) is 12.1 Å². The summed E-state index contributed by atoms with van der Waals surface area (Å²) >= 11 is 0. The number of ether oxygens (including phenoxy) is 1. The van der Waals surface area contributed by atoms with E-state index in [0.717, 1.165) is 0 Å². The second-order valence-corrected chi connectivity index (χ2v) is 4.12. The number of methoxy groups -OCH3 is 1. The highest BCUT2D eigenvalue weighted by Gasteiger charge is 2.21. The summed E-state index contributed by atoms with van der Waals surface area (Å²) in [5.74, 6) is -1.18. The molecule has 0 bridgehead atoms. The summed E-state index contributed by atoms with van der Waals surface area (Å²) in [5.41, 5.74) is 0.780. The molecule has 2 rings (SSSR count). The normalized spacial score (nSPS) is 12.3. The Morgan fingerprint density at radius 1 is 1.45 bits per heavy atom. The van der Waals surface area contributed by atoms with Crippen LogP contribution in [0.4, 0.5) is 0 Å². The smallest absolute Gasteiger partial charge is 0.358 e. The molecular weight excluding hydrogens is 264 g/mol. The van der Waals surface area contributed by atoms with Crippen molar-refractivity contribution in [2.75, 3.05) is 13.7 Å². The van der Waals surface area contributed by atoms with E-state index >= 15 is 0 Å². The van der Waals surface area contributed by atoms with Crippen LogP contribution in [0.2, 0.25) is 0 Å². The van der Waals surface area contributed by atoms with Gasteiger partial charge in [-0.15, -0.1) is 5.10 Å². The minimum absolute atomic E-state index is 0.0891. The Balaban J connectivity index is 2.41. The summed E-state index contributed by atoms with van der Waals surface area (Å²) in [5, 5.41) is 26.3. The standard InChI is InChI=1S/C12H14N4O4/c1-20-7-9(17)6-16-11(8-2-4-13-5-3-8)10(12(18)19)14-15-16/h2-5,9,17H,6-7H2,1H3,(H,18,19). The van der Waals surface area contributed by atoms with Crippen LogP contribution in [0.25, 0.3) is 11.3 Å². The molecule has 0 saturated heterocycles. The molecule has 2 aromatic rings. The van der Waals surface area contributed by atoms with E-state index in [0.29, 0.717) is 11.3 Å². The number of rotatable bonds is 6. The van der Waals surface area contributed by atoms with Gasteiger partial charge in [0.1, 0.15) is 5.69 Å². The Morgan fingerprint density at radius 2 is 2.15 bits per heavy atom. The first-order valence-corrected chi connectivity index (χ1v) is 5.87. The van der Waals surface area contributed by atoms with Gasteiger partial charge < -0.3 is 14.9 Å². The minimum Gasteiger partial charge on any atom is -0.476 e. The quantitative estimate of drug-likeness (QED) is 0.767. The summed E-state index contributed by atoms with van der Waals surface area (Å²) < 4.78 is 6.19. The number of aromatic carboxylic acids is 1. The Morgan fingerprint density at radius 3 is 2.75 bits per heavy atom. The first-order valence-electron chi connectivity index (χ1n) is 5.87. The van der Waals surface area contributed by atoms with Crippen molar-refractivity contribution in [1.82, 2.24) is 20.0 Å². The van der Waals surface area contributed by atoms with Crippen LogP contribution in [0, 0.1) is 0 Å². The van der Waals surface area contributed by atoms with E-state index < -0.39 is 12.1 Å². The molecule has 0 aliphatic rings. The number of pyridine rings is 1. The number of aliphatic hydroxyl groups excluding tert-OH is 1. The van der Waals surface area contributed by atoms with Gasteiger partial charge in [0, 0.05) is 25.1 Å². The van der Waals surface area contributed by atoms with E-state index in [2.05, 4.69) is 15.3 Å². The van der Waals surface area contributed by atoms with E-state index in [1.54, 1.807) is 24.5 Å². The average molecular weight is 278 g/mol. The van der Waals surface area contributed by atoms with Gasteiger partial charge in [-0.3, -0.25) is 4.98 Å². The van der Waals surface area contributed by atoms with Gasteiger partial charge >= 0.3 is 5.97 Å². The SMILES string of the molecule is COCC(O)Cn1nnc(C(=O)O)c1-c1ccncc1. The Labute approximate surface area is 114 Å². The third-order valence-electron chi connectivity index (χ3n) is 2.63. The number of carbonyl (C=O) groups is 1. The van der Waals surface area contributed by atoms with Gasteiger partial charge in [0.25, 0.3) is 0 Å². The third kappa shape index (κ3) is 2.98. The number of nitrogens with zero attached hydrogens (tertiary/aromatic N) is 4. The van der Waals surface area contributed by atoms with Crippen LogP contribution in [-0.2, 0) is 11.3 Å². The first kappa shape index (κ1) is 14.1. The third-order valence-corrected chi connectivity index (χ3v) is 2.63. The Kier molecular flexibility index (Phi) is 4.38. The number of carboxylic acid groups (broad SMARTS) is 1. The number of hydrogen-bond donors (Lipinski definition) is 2. The van der Waals surface area contributed by atoms with Gasteiger partial charge in [-0.1, -0.05) is 5.21 Å². The fourth-order valence-electron chi connectivity index (χ4n) is 1.83. The molecule has 0 radical (unpaired) electrons. The van der Waals surface area contributed by atoms with Gasteiger partial charge in [0.05, 0.1) is 19.3 Å². The summed E-state index contributed by atoms with van der Waals surface area (Å²) in [6.07, 6.45) is 2.29. The average Bonchev–Trinajstić information content (AvgIpc) is 2.83. The molecule has 2 N–H and O–H groups in total. The van der Waals surface area contributed by atoms with Crippen molar-refractivity contribution in [3.8, 4) is 11.3 Å². The minimum atomic E-state index is -1.18. The molecule has 1 atom stereocenters. The maximum Gasteiger partial charge on any atom is 0.358 e. The topological polar surface area (TPSA) is 110 Å². The first-order chi connectivity index (χ1) is 9.63. The lowest BCUT2D eigenvalue weighted by atomic mass is 10.1. The lowest BCUT2D eigenvalue weighted by Gasteiger charge is -2.11. The lowest BCUT2D eigenvalue weighted by molar-refractivity contribution is 0.0513. The molecule has 0 amide bonds. The molecule has 2 heterocycles. The van der Waals surface area contributed by atoms with Crippen molar-refractivity contribution >= 4 is 5.97 Å². The maximum atomic E-state index is 11.2. The largest absolute Gasteiger partial charge is 0.476 e. The fraction of sp³-hybridized carbons (Fsp3) is 0.333. The lowest BCUT2D eigenvalue weighted by Crippen LogP contribution is -2.22. The monoisotopic (exact) mass is 278 g/mol. The summed E-state index contributed by atoms with van der Waals surface area (Å²) in [6.45, 7) is 0.212.